The number of hydrogen-bond donors (Lipinski definition) is 0. The van der Waals surface area contributed by atoms with Crippen molar-refractivity contribution >= 4 is 50.1 Å². The predicted octanol–water partition coefficient (Wildman–Crippen LogP) is 4.47. The molecule has 0 N–H and O–H groups in total. The number of nitrogens with zero attached hydrogens (tertiary/aromatic N) is 1. The lowest BCUT2D eigenvalue weighted by molar-refractivity contribution is -0.126. The lowest BCUT2D eigenvalue weighted by Crippen LogP contribution is -2.33. The zero-order valence-corrected chi connectivity index (χ0v) is 17.0. The van der Waals surface area contributed by atoms with E-state index in [1.54, 1.807) is 12.0 Å². The van der Waals surface area contributed by atoms with Crippen LogP contribution in [0.4, 0.5) is 0 Å². The van der Waals surface area contributed by atoms with Crippen molar-refractivity contribution in [2.45, 2.75) is 18.1 Å². The van der Waals surface area contributed by atoms with E-state index in [4.69, 9.17) is 17.0 Å². The number of thioether (sulfide) groups is 1. The van der Waals surface area contributed by atoms with E-state index in [0.29, 0.717) is 17.3 Å². The fraction of sp³-hybridized carbons (Fsp3) is 0.263. The zero-order valence-electron chi connectivity index (χ0n) is 13.8. The summed E-state index contributed by atoms with van der Waals surface area (Å²) >= 11 is 10.4. The molecule has 0 aromatic heterocycles. The molecule has 2 aromatic carbocycles. The second-order valence-corrected chi connectivity index (χ2v) is 8.46. The monoisotopic (exact) mass is 435 g/mol. The number of carbonyl (C=O) groups excluding carboxylic acids is 1. The molecule has 25 heavy (non-hydrogen) atoms. The minimum Gasteiger partial charge on any atom is -0.496 e. The van der Waals surface area contributed by atoms with Crippen molar-refractivity contribution < 1.29 is 9.53 Å². The summed E-state index contributed by atoms with van der Waals surface area (Å²) in [5.74, 6) is 0.895. The quantitative estimate of drug-likeness (QED) is 0.625. The molecule has 3 rings (SSSR count). The molecular formula is C19H18BrNO2S2. The summed E-state index contributed by atoms with van der Waals surface area (Å²) in [7, 11) is 1.64. The maximum absolute atomic E-state index is 12.7. The second kappa shape index (κ2) is 8.34. The number of carbonyl (C=O) groups is 1. The van der Waals surface area contributed by atoms with E-state index in [2.05, 4.69) is 28.1 Å². The smallest absolute Gasteiger partial charge is 0.241 e. The number of rotatable bonds is 6. The number of amides is 1. The van der Waals surface area contributed by atoms with Crippen LogP contribution in [0.5, 0.6) is 5.75 Å². The number of thiocarbonyl (C=S) groups is 1. The van der Waals surface area contributed by atoms with Gasteiger partial charge in [-0.25, -0.2) is 0 Å². The zero-order chi connectivity index (χ0) is 17.8. The summed E-state index contributed by atoms with van der Waals surface area (Å²) in [6.07, 6.45) is 1.47. The van der Waals surface area contributed by atoms with Gasteiger partial charge in [0.2, 0.25) is 5.91 Å². The first-order valence-corrected chi connectivity index (χ1v) is 10.0. The molecule has 0 unspecified atom stereocenters. The van der Waals surface area contributed by atoms with Crippen LogP contribution >= 0.6 is 39.9 Å². The number of halogens is 1. The predicted molar refractivity (Wildman–Crippen MR) is 110 cm³/mol. The molecule has 0 spiro atoms. The Kier molecular flexibility index (Phi) is 6.15. The molecule has 1 aliphatic rings. The fourth-order valence-electron chi connectivity index (χ4n) is 2.77. The van der Waals surface area contributed by atoms with Crippen molar-refractivity contribution in [1.82, 2.24) is 4.90 Å². The lowest BCUT2D eigenvalue weighted by Gasteiger charge is -2.15. The van der Waals surface area contributed by atoms with Gasteiger partial charge in [-0.2, -0.15) is 0 Å². The Labute approximate surface area is 165 Å². The molecule has 0 saturated carbocycles. The summed E-state index contributed by atoms with van der Waals surface area (Å²) in [6, 6.07) is 16.1. The third-order valence-electron chi connectivity index (χ3n) is 4.11. The van der Waals surface area contributed by atoms with Crippen molar-refractivity contribution in [2.24, 2.45) is 0 Å². The molecule has 1 aliphatic heterocycles. The molecular weight excluding hydrogens is 418 g/mol. The van der Waals surface area contributed by atoms with Crippen LogP contribution < -0.4 is 4.74 Å². The average Bonchev–Trinajstić information content (AvgIpc) is 2.87. The maximum Gasteiger partial charge on any atom is 0.241 e. The maximum atomic E-state index is 12.7. The Hall–Kier alpha value is -1.37. The molecule has 0 radical (unpaired) electrons. The number of benzene rings is 2. The van der Waals surface area contributed by atoms with Crippen molar-refractivity contribution in [1.29, 1.82) is 0 Å². The minimum absolute atomic E-state index is 0.109. The number of methoxy groups -OCH3 is 1. The van der Waals surface area contributed by atoms with E-state index in [1.165, 1.54) is 17.3 Å². The highest BCUT2D eigenvalue weighted by Crippen LogP contribution is 2.32. The van der Waals surface area contributed by atoms with E-state index in [9.17, 15) is 4.79 Å². The van der Waals surface area contributed by atoms with E-state index >= 15 is 0 Å². The summed E-state index contributed by atoms with van der Waals surface area (Å²) < 4.78 is 6.83. The van der Waals surface area contributed by atoms with Crippen molar-refractivity contribution in [3.05, 3.63) is 64.1 Å². The Morgan fingerprint density at radius 1 is 1.20 bits per heavy atom. The van der Waals surface area contributed by atoms with Crippen LogP contribution in [0.15, 0.2) is 53.0 Å². The summed E-state index contributed by atoms with van der Waals surface area (Å²) in [6.45, 7) is 0.636. The highest BCUT2D eigenvalue weighted by atomic mass is 79.9. The van der Waals surface area contributed by atoms with Crippen LogP contribution in [0.25, 0.3) is 0 Å². The first kappa shape index (κ1) is 18.4. The fourth-order valence-corrected chi connectivity index (χ4v) is 4.94. The van der Waals surface area contributed by atoms with Gasteiger partial charge < -0.3 is 4.74 Å². The third kappa shape index (κ3) is 4.43. The van der Waals surface area contributed by atoms with Crippen LogP contribution in [0.3, 0.4) is 0 Å². The van der Waals surface area contributed by atoms with Crippen LogP contribution in [0.1, 0.15) is 11.1 Å². The average molecular weight is 436 g/mol. The SMILES string of the molecule is COc1ccc(C[C@@H]2SC(=S)N(CCc3ccccc3)C2=O)cc1Br. The van der Waals surface area contributed by atoms with Gasteiger partial charge in [-0.15, -0.1) is 0 Å². The summed E-state index contributed by atoms with van der Waals surface area (Å²) in [4.78, 5) is 14.5. The molecule has 1 heterocycles. The first-order valence-electron chi connectivity index (χ1n) is 7.97. The Morgan fingerprint density at radius 3 is 2.64 bits per heavy atom. The van der Waals surface area contributed by atoms with E-state index in [1.807, 2.05) is 36.4 Å². The largest absolute Gasteiger partial charge is 0.496 e. The summed E-state index contributed by atoms with van der Waals surface area (Å²) in [5.41, 5.74) is 2.30. The third-order valence-corrected chi connectivity index (χ3v) is 6.31. The molecule has 6 heteroatoms. The molecule has 1 atom stereocenters. The number of ether oxygens (including phenoxy) is 1. The minimum atomic E-state index is -0.149. The molecule has 3 nitrogen and oxygen atoms in total. The van der Waals surface area contributed by atoms with Crippen LogP contribution in [0.2, 0.25) is 0 Å². The molecule has 1 saturated heterocycles. The van der Waals surface area contributed by atoms with Gasteiger partial charge in [-0.05, 0) is 52.0 Å². The van der Waals surface area contributed by atoms with Crippen LogP contribution in [0, 0.1) is 0 Å². The Morgan fingerprint density at radius 2 is 1.96 bits per heavy atom. The highest BCUT2D eigenvalue weighted by molar-refractivity contribution is 9.10. The van der Waals surface area contributed by atoms with Gasteiger partial charge in [-0.3, -0.25) is 9.69 Å². The topological polar surface area (TPSA) is 29.5 Å². The Balaban J connectivity index is 1.63. The molecule has 0 bridgehead atoms. The van der Waals surface area contributed by atoms with Crippen molar-refractivity contribution in [3.8, 4) is 5.75 Å². The van der Waals surface area contributed by atoms with Gasteiger partial charge in [0, 0.05) is 6.54 Å². The van der Waals surface area contributed by atoms with Crippen LogP contribution in [-0.4, -0.2) is 34.0 Å². The number of hydrogen-bond acceptors (Lipinski definition) is 4. The molecule has 130 valence electrons. The Bertz CT molecular complexity index is 782. The first-order chi connectivity index (χ1) is 12.1. The molecule has 0 aliphatic carbocycles. The second-order valence-electron chi connectivity index (χ2n) is 5.77. The normalized spacial score (nSPS) is 17.2. The highest BCUT2D eigenvalue weighted by Gasteiger charge is 2.36. The van der Waals surface area contributed by atoms with E-state index in [0.717, 1.165) is 22.2 Å². The van der Waals surface area contributed by atoms with Crippen molar-refractivity contribution in [3.63, 3.8) is 0 Å². The summed E-state index contributed by atoms with van der Waals surface area (Å²) in [5, 5.41) is -0.149. The standard InChI is InChI=1S/C19H18BrNO2S2/c1-23-16-8-7-14(11-15(16)20)12-17-18(22)21(19(24)25-17)10-9-13-5-3-2-4-6-13/h2-8,11,17H,9-10,12H2,1H3/t17-/m0/s1. The van der Waals surface area contributed by atoms with E-state index in [-0.39, 0.29) is 11.2 Å². The van der Waals surface area contributed by atoms with Gasteiger partial charge in [0.15, 0.2) is 0 Å². The molecule has 2 aromatic rings. The van der Waals surface area contributed by atoms with Gasteiger partial charge in [0.05, 0.1) is 16.8 Å². The van der Waals surface area contributed by atoms with Gasteiger partial charge in [0.1, 0.15) is 10.1 Å². The van der Waals surface area contributed by atoms with E-state index < -0.39 is 0 Å². The lowest BCUT2D eigenvalue weighted by atomic mass is 10.1. The van der Waals surface area contributed by atoms with Gasteiger partial charge >= 0.3 is 0 Å². The van der Waals surface area contributed by atoms with Crippen molar-refractivity contribution in [2.75, 3.05) is 13.7 Å². The van der Waals surface area contributed by atoms with Crippen LogP contribution in [-0.2, 0) is 17.6 Å². The molecule has 1 fully saturated rings. The molecule has 1 amide bonds. The van der Waals surface area contributed by atoms with Gasteiger partial charge in [-0.1, -0.05) is 60.4 Å². The van der Waals surface area contributed by atoms with Gasteiger partial charge in [0.25, 0.3) is 0 Å².